The first kappa shape index (κ1) is 31.1. The van der Waals surface area contributed by atoms with Crippen LogP contribution >= 0.6 is 0 Å². The van der Waals surface area contributed by atoms with E-state index in [1.54, 1.807) is 29.2 Å². The minimum Gasteiger partial charge on any atom is -0.492 e. The van der Waals surface area contributed by atoms with E-state index in [1.165, 1.54) is 0 Å². The summed E-state index contributed by atoms with van der Waals surface area (Å²) in [4.78, 5) is 55.2. The van der Waals surface area contributed by atoms with E-state index < -0.39 is 29.8 Å². The number of carbonyl (C=O) groups is 4. The van der Waals surface area contributed by atoms with Gasteiger partial charge in [-0.15, -0.1) is 0 Å². The molecule has 0 aromatic heterocycles. The van der Waals surface area contributed by atoms with E-state index in [0.29, 0.717) is 18.0 Å². The van der Waals surface area contributed by atoms with Gasteiger partial charge in [0.05, 0.1) is 25.1 Å². The Balaban J connectivity index is 1.53. The molecule has 0 radical (unpaired) electrons. The van der Waals surface area contributed by atoms with Crippen LogP contribution < -0.4 is 25.4 Å². The molecule has 43 heavy (non-hydrogen) atoms. The zero-order valence-corrected chi connectivity index (χ0v) is 24.5. The number of carbonyl (C=O) groups excluding carboxylic acids is 4. The van der Waals surface area contributed by atoms with Crippen LogP contribution in [-0.2, 0) is 20.8 Å². The SMILES string of the molecule is CCN1CCOc2ccccc2C(=O)N[C@H](C(=O)NCCOc2ccc(C)cc2)CC(=O)N[C@@H](Cc2ccccc2)C1=O. The number of nitrogens with one attached hydrogen (secondary N) is 3. The molecule has 2 atom stereocenters. The molecule has 10 heteroatoms. The van der Waals surface area contributed by atoms with E-state index in [9.17, 15) is 19.2 Å². The van der Waals surface area contributed by atoms with Crippen LogP contribution in [0.1, 0.15) is 34.8 Å². The van der Waals surface area contributed by atoms with Gasteiger partial charge in [0.15, 0.2) is 0 Å². The van der Waals surface area contributed by atoms with Gasteiger partial charge in [-0.1, -0.05) is 60.2 Å². The number of para-hydroxylation sites is 1. The molecule has 3 aromatic carbocycles. The molecule has 4 amide bonds. The van der Waals surface area contributed by atoms with Crippen LogP contribution in [0.3, 0.4) is 0 Å². The summed E-state index contributed by atoms with van der Waals surface area (Å²) in [6.45, 7) is 4.99. The van der Waals surface area contributed by atoms with Crippen molar-refractivity contribution >= 4 is 23.6 Å². The van der Waals surface area contributed by atoms with Crippen molar-refractivity contribution in [1.82, 2.24) is 20.9 Å². The molecule has 1 aliphatic rings. The lowest BCUT2D eigenvalue weighted by Crippen LogP contribution is -2.54. The maximum atomic E-state index is 13.6. The molecule has 0 fully saturated rings. The lowest BCUT2D eigenvalue weighted by molar-refractivity contribution is -0.137. The second kappa shape index (κ2) is 15.4. The quantitative estimate of drug-likeness (QED) is 0.349. The Morgan fingerprint density at radius 3 is 2.44 bits per heavy atom. The monoisotopic (exact) mass is 586 g/mol. The first-order chi connectivity index (χ1) is 20.8. The molecule has 0 spiro atoms. The third kappa shape index (κ3) is 9.06. The highest BCUT2D eigenvalue weighted by molar-refractivity contribution is 6.01. The molecule has 0 bridgehead atoms. The summed E-state index contributed by atoms with van der Waals surface area (Å²) < 4.78 is 11.6. The zero-order valence-electron chi connectivity index (χ0n) is 24.5. The minimum atomic E-state index is -1.21. The molecule has 0 saturated carbocycles. The number of aryl methyl sites for hydroxylation is 1. The molecule has 0 unspecified atom stereocenters. The van der Waals surface area contributed by atoms with Gasteiger partial charge in [0.25, 0.3) is 5.91 Å². The van der Waals surface area contributed by atoms with Gasteiger partial charge in [-0.3, -0.25) is 19.2 Å². The molecule has 1 aliphatic heterocycles. The topological polar surface area (TPSA) is 126 Å². The van der Waals surface area contributed by atoms with E-state index in [-0.39, 0.29) is 50.6 Å². The molecule has 10 nitrogen and oxygen atoms in total. The van der Waals surface area contributed by atoms with Crippen LogP contribution in [0.4, 0.5) is 0 Å². The molecule has 226 valence electrons. The average Bonchev–Trinajstić information content (AvgIpc) is 3.01. The first-order valence-corrected chi connectivity index (χ1v) is 14.5. The molecule has 3 aromatic rings. The standard InChI is InChI=1S/C33H38N4O6/c1-3-37-18-20-43-29-12-8-7-11-26(29)31(39)36-27(32(40)34-17-19-42-25-15-13-23(2)14-16-25)22-30(38)35-28(33(37)41)21-24-9-5-4-6-10-24/h4-16,27-28H,3,17-22H2,1-2H3,(H,34,40)(H,35,38)(H,36,39)/t27-,28-/m0/s1. The number of nitrogens with zero attached hydrogens (tertiary/aromatic N) is 1. The first-order valence-electron chi connectivity index (χ1n) is 14.5. The zero-order chi connectivity index (χ0) is 30.6. The van der Waals surface area contributed by atoms with E-state index in [2.05, 4.69) is 16.0 Å². The van der Waals surface area contributed by atoms with Crippen molar-refractivity contribution in [3.05, 3.63) is 95.6 Å². The van der Waals surface area contributed by atoms with Crippen molar-refractivity contribution in [2.45, 2.75) is 38.8 Å². The van der Waals surface area contributed by atoms with Gasteiger partial charge in [0, 0.05) is 13.0 Å². The van der Waals surface area contributed by atoms with Crippen molar-refractivity contribution in [3.8, 4) is 11.5 Å². The molecule has 0 aliphatic carbocycles. The molecule has 3 N–H and O–H groups in total. The van der Waals surface area contributed by atoms with Crippen molar-refractivity contribution < 1.29 is 28.7 Å². The second-order valence-corrected chi connectivity index (χ2v) is 10.3. The fourth-order valence-electron chi connectivity index (χ4n) is 4.73. The van der Waals surface area contributed by atoms with E-state index in [0.717, 1.165) is 11.1 Å². The highest BCUT2D eigenvalue weighted by Gasteiger charge is 2.30. The number of amides is 4. The number of hydrogen-bond acceptors (Lipinski definition) is 6. The van der Waals surface area contributed by atoms with Gasteiger partial charge in [-0.25, -0.2) is 0 Å². The minimum absolute atomic E-state index is 0.140. The second-order valence-electron chi connectivity index (χ2n) is 10.3. The van der Waals surface area contributed by atoms with Gasteiger partial charge in [0.1, 0.15) is 36.8 Å². The number of ether oxygens (including phenoxy) is 2. The summed E-state index contributed by atoms with van der Waals surface area (Å²) in [5, 5.41) is 8.25. The lowest BCUT2D eigenvalue weighted by Gasteiger charge is -2.28. The van der Waals surface area contributed by atoms with E-state index >= 15 is 0 Å². The van der Waals surface area contributed by atoms with Crippen LogP contribution in [0, 0.1) is 6.92 Å². The summed E-state index contributed by atoms with van der Waals surface area (Å²) >= 11 is 0. The number of fused-ring (bicyclic) bond motifs is 1. The van der Waals surface area contributed by atoms with Gasteiger partial charge < -0.3 is 30.3 Å². The van der Waals surface area contributed by atoms with Crippen LogP contribution in [0.15, 0.2) is 78.9 Å². The van der Waals surface area contributed by atoms with Gasteiger partial charge in [0.2, 0.25) is 17.7 Å². The van der Waals surface area contributed by atoms with Crippen LogP contribution in [0.5, 0.6) is 11.5 Å². The smallest absolute Gasteiger partial charge is 0.255 e. The molecular formula is C33H38N4O6. The maximum Gasteiger partial charge on any atom is 0.255 e. The fourth-order valence-corrected chi connectivity index (χ4v) is 4.73. The average molecular weight is 587 g/mol. The van der Waals surface area contributed by atoms with Gasteiger partial charge in [-0.05, 0) is 43.7 Å². The van der Waals surface area contributed by atoms with Crippen molar-refractivity contribution in [2.75, 3.05) is 32.8 Å². The van der Waals surface area contributed by atoms with Crippen molar-refractivity contribution in [3.63, 3.8) is 0 Å². The predicted molar refractivity (Wildman–Crippen MR) is 162 cm³/mol. The van der Waals surface area contributed by atoms with Crippen molar-refractivity contribution in [2.24, 2.45) is 0 Å². The van der Waals surface area contributed by atoms with Crippen LogP contribution in [0.2, 0.25) is 0 Å². The predicted octanol–water partition coefficient (Wildman–Crippen LogP) is 2.65. The Hall–Kier alpha value is -4.86. The molecule has 0 saturated heterocycles. The Morgan fingerprint density at radius 1 is 0.977 bits per heavy atom. The number of hydrogen-bond donors (Lipinski definition) is 3. The Labute approximate surface area is 251 Å². The summed E-state index contributed by atoms with van der Waals surface area (Å²) in [5.74, 6) is -0.924. The Bertz CT molecular complexity index is 1400. The summed E-state index contributed by atoms with van der Waals surface area (Å²) in [6, 6.07) is 21.5. The third-order valence-corrected chi connectivity index (χ3v) is 7.06. The van der Waals surface area contributed by atoms with Gasteiger partial charge in [-0.2, -0.15) is 0 Å². The highest BCUT2D eigenvalue weighted by Crippen LogP contribution is 2.19. The van der Waals surface area contributed by atoms with Crippen molar-refractivity contribution in [1.29, 1.82) is 0 Å². The number of benzene rings is 3. The lowest BCUT2D eigenvalue weighted by atomic mass is 10.0. The van der Waals surface area contributed by atoms with E-state index in [1.807, 2.05) is 68.4 Å². The largest absolute Gasteiger partial charge is 0.492 e. The maximum absolute atomic E-state index is 13.6. The van der Waals surface area contributed by atoms with Gasteiger partial charge >= 0.3 is 0 Å². The number of rotatable bonds is 8. The number of likely N-dealkylation sites (N-methyl/N-ethyl adjacent to an activating group) is 1. The molecule has 1 heterocycles. The summed E-state index contributed by atoms with van der Waals surface area (Å²) in [5.41, 5.74) is 2.20. The third-order valence-electron chi connectivity index (χ3n) is 7.06. The van der Waals surface area contributed by atoms with E-state index in [4.69, 9.17) is 9.47 Å². The normalized spacial score (nSPS) is 17.9. The Morgan fingerprint density at radius 2 is 1.70 bits per heavy atom. The van der Waals surface area contributed by atoms with Crippen LogP contribution in [0.25, 0.3) is 0 Å². The highest BCUT2D eigenvalue weighted by atomic mass is 16.5. The Kier molecular flexibility index (Phi) is 11.1. The fraction of sp³-hybridized carbons (Fsp3) is 0.333. The molecular weight excluding hydrogens is 548 g/mol. The summed E-state index contributed by atoms with van der Waals surface area (Å²) in [6.07, 6.45) is -0.102. The molecule has 4 rings (SSSR count). The summed E-state index contributed by atoms with van der Waals surface area (Å²) in [7, 11) is 0. The van der Waals surface area contributed by atoms with Crippen LogP contribution in [-0.4, -0.2) is 73.5 Å².